The van der Waals surface area contributed by atoms with Crippen LogP contribution in [0.25, 0.3) is 11.1 Å². The van der Waals surface area contributed by atoms with Crippen molar-refractivity contribution in [2.45, 2.75) is 23.7 Å². The Morgan fingerprint density at radius 1 is 1.00 bits per heavy atom. The first kappa shape index (κ1) is 26.8. The molecule has 186 valence electrons. The minimum atomic E-state index is -4.92. The number of hydrogen-bond donors (Lipinski definition) is 2. The SMILES string of the molecule is CC(N)(C(=O)Nc1cc(Cl)c(-c2ccccc2OC(F)(F)F)c(Cl)c1)c1ccc(S(C)(=O)=O)cc1. The number of ether oxygens (including phenoxy) is 1. The molecule has 0 fully saturated rings. The molecule has 1 amide bonds. The van der Waals surface area contributed by atoms with E-state index in [-0.39, 0.29) is 31.8 Å². The number of rotatable bonds is 6. The number of carbonyl (C=O) groups excluding carboxylic acids is 1. The number of hydrogen-bond acceptors (Lipinski definition) is 5. The standard InChI is InChI=1S/C23H19Cl2F3N2O4S/c1-22(29,13-7-9-15(10-8-13)35(2,32)33)21(31)30-14-11-17(24)20(18(25)12-14)16-5-3-4-6-19(16)34-23(26,27)28/h3-12H,29H2,1-2H3,(H,30,31). The lowest BCUT2D eigenvalue weighted by Crippen LogP contribution is -2.45. The molecule has 0 aliphatic heterocycles. The van der Waals surface area contributed by atoms with Gasteiger partial charge in [0, 0.05) is 23.1 Å². The maximum absolute atomic E-state index is 12.9. The number of nitrogens with one attached hydrogen (secondary N) is 1. The van der Waals surface area contributed by atoms with Gasteiger partial charge in [-0.3, -0.25) is 4.79 Å². The predicted molar refractivity (Wildman–Crippen MR) is 128 cm³/mol. The van der Waals surface area contributed by atoms with Gasteiger partial charge in [-0.05, 0) is 42.8 Å². The third kappa shape index (κ3) is 6.26. The van der Waals surface area contributed by atoms with Gasteiger partial charge in [0.05, 0.1) is 14.9 Å². The van der Waals surface area contributed by atoms with E-state index >= 15 is 0 Å². The van der Waals surface area contributed by atoms with E-state index in [1.807, 2.05) is 0 Å². The van der Waals surface area contributed by atoms with Gasteiger partial charge in [0.1, 0.15) is 11.3 Å². The maximum atomic E-state index is 12.9. The van der Waals surface area contributed by atoms with Gasteiger partial charge < -0.3 is 15.8 Å². The van der Waals surface area contributed by atoms with Crippen molar-refractivity contribution in [2.24, 2.45) is 5.73 Å². The van der Waals surface area contributed by atoms with Gasteiger partial charge >= 0.3 is 6.36 Å². The van der Waals surface area contributed by atoms with Crippen LogP contribution in [0.2, 0.25) is 10.0 Å². The molecule has 3 aromatic carbocycles. The first-order valence-corrected chi connectivity index (χ1v) is 12.5. The van der Waals surface area contributed by atoms with E-state index in [2.05, 4.69) is 10.1 Å². The molecule has 0 radical (unpaired) electrons. The quantitative estimate of drug-likeness (QED) is 0.408. The van der Waals surface area contributed by atoms with Crippen LogP contribution < -0.4 is 15.8 Å². The molecule has 0 bridgehead atoms. The number of amides is 1. The largest absolute Gasteiger partial charge is 0.573 e. The number of halogens is 5. The van der Waals surface area contributed by atoms with E-state index in [0.29, 0.717) is 5.56 Å². The molecule has 3 aromatic rings. The minimum Gasteiger partial charge on any atom is -0.405 e. The summed E-state index contributed by atoms with van der Waals surface area (Å²) in [5, 5.41) is 2.50. The Kier molecular flexibility index (Phi) is 7.42. The average Bonchev–Trinajstić information content (AvgIpc) is 2.73. The van der Waals surface area contributed by atoms with Crippen LogP contribution in [0.15, 0.2) is 65.6 Å². The van der Waals surface area contributed by atoms with Gasteiger partial charge in [-0.2, -0.15) is 0 Å². The van der Waals surface area contributed by atoms with E-state index in [9.17, 15) is 26.4 Å². The van der Waals surface area contributed by atoms with E-state index in [1.165, 1.54) is 61.5 Å². The van der Waals surface area contributed by atoms with Crippen LogP contribution in [0.4, 0.5) is 18.9 Å². The molecule has 0 aromatic heterocycles. The van der Waals surface area contributed by atoms with Crippen molar-refractivity contribution in [3.05, 3.63) is 76.3 Å². The zero-order valence-electron chi connectivity index (χ0n) is 18.3. The molecule has 0 heterocycles. The van der Waals surface area contributed by atoms with Crippen molar-refractivity contribution in [1.29, 1.82) is 0 Å². The highest BCUT2D eigenvalue weighted by Gasteiger charge is 2.33. The second-order valence-electron chi connectivity index (χ2n) is 7.81. The van der Waals surface area contributed by atoms with Crippen LogP contribution >= 0.6 is 23.2 Å². The minimum absolute atomic E-state index is 0.00679. The van der Waals surface area contributed by atoms with Crippen molar-refractivity contribution in [2.75, 3.05) is 11.6 Å². The lowest BCUT2D eigenvalue weighted by Gasteiger charge is -2.25. The van der Waals surface area contributed by atoms with Gasteiger partial charge in [0.15, 0.2) is 9.84 Å². The summed E-state index contributed by atoms with van der Waals surface area (Å²) >= 11 is 12.7. The summed E-state index contributed by atoms with van der Waals surface area (Å²) in [6, 6.07) is 13.5. The first-order chi connectivity index (χ1) is 16.1. The Morgan fingerprint density at radius 2 is 1.54 bits per heavy atom. The van der Waals surface area contributed by atoms with Crippen molar-refractivity contribution < 1.29 is 31.1 Å². The number of anilines is 1. The highest BCUT2D eigenvalue weighted by molar-refractivity contribution is 7.90. The second kappa shape index (κ2) is 9.69. The van der Waals surface area contributed by atoms with Crippen molar-refractivity contribution >= 4 is 44.6 Å². The number of nitrogens with two attached hydrogens (primary N) is 1. The molecule has 0 aliphatic rings. The van der Waals surface area contributed by atoms with E-state index in [4.69, 9.17) is 28.9 Å². The fraction of sp³-hybridized carbons (Fsp3) is 0.174. The van der Waals surface area contributed by atoms with Crippen LogP contribution in [0.1, 0.15) is 12.5 Å². The van der Waals surface area contributed by atoms with Crippen LogP contribution in [0.5, 0.6) is 5.75 Å². The number of sulfone groups is 1. The first-order valence-electron chi connectivity index (χ1n) is 9.85. The number of benzene rings is 3. The smallest absolute Gasteiger partial charge is 0.405 e. The predicted octanol–water partition coefficient (Wildman–Crippen LogP) is 5.78. The molecule has 3 N–H and O–H groups in total. The van der Waals surface area contributed by atoms with Crippen LogP contribution in [-0.4, -0.2) is 26.9 Å². The van der Waals surface area contributed by atoms with Gasteiger partial charge in [0.2, 0.25) is 5.91 Å². The normalized spacial score (nSPS) is 13.7. The van der Waals surface area contributed by atoms with Crippen LogP contribution in [0.3, 0.4) is 0 Å². The molecule has 35 heavy (non-hydrogen) atoms. The van der Waals surface area contributed by atoms with E-state index in [0.717, 1.165) is 12.3 Å². The van der Waals surface area contributed by atoms with Crippen molar-refractivity contribution in [1.82, 2.24) is 0 Å². The Hall–Kier alpha value is -2.79. The van der Waals surface area contributed by atoms with Crippen molar-refractivity contribution in [3.63, 3.8) is 0 Å². The van der Waals surface area contributed by atoms with Gasteiger partial charge in [-0.25, -0.2) is 8.42 Å². The maximum Gasteiger partial charge on any atom is 0.573 e. The van der Waals surface area contributed by atoms with Crippen LogP contribution in [0, 0.1) is 0 Å². The molecular formula is C23H19Cl2F3N2O4S. The molecule has 1 unspecified atom stereocenters. The highest BCUT2D eigenvalue weighted by Crippen LogP contribution is 2.43. The van der Waals surface area contributed by atoms with Gasteiger partial charge in [-0.1, -0.05) is 53.5 Å². The topological polar surface area (TPSA) is 98.5 Å². The lowest BCUT2D eigenvalue weighted by atomic mass is 9.92. The summed E-state index contributed by atoms with van der Waals surface area (Å²) in [5.41, 5.74) is 5.22. The highest BCUT2D eigenvalue weighted by atomic mass is 35.5. The summed E-state index contributed by atoms with van der Waals surface area (Å²) in [4.78, 5) is 13.0. The Labute approximate surface area is 209 Å². The lowest BCUT2D eigenvalue weighted by molar-refractivity contribution is -0.274. The van der Waals surface area contributed by atoms with E-state index in [1.54, 1.807) is 0 Å². The van der Waals surface area contributed by atoms with Crippen molar-refractivity contribution in [3.8, 4) is 16.9 Å². The fourth-order valence-electron chi connectivity index (χ4n) is 3.23. The Morgan fingerprint density at radius 3 is 2.06 bits per heavy atom. The molecule has 3 rings (SSSR count). The molecule has 6 nitrogen and oxygen atoms in total. The molecule has 0 spiro atoms. The zero-order chi connectivity index (χ0) is 26.2. The average molecular weight is 547 g/mol. The number of alkyl halides is 3. The second-order valence-corrected chi connectivity index (χ2v) is 10.6. The third-order valence-electron chi connectivity index (χ3n) is 5.04. The molecule has 12 heteroatoms. The van der Waals surface area contributed by atoms with Gasteiger partial charge in [0.25, 0.3) is 0 Å². The Bertz CT molecular complexity index is 1350. The number of para-hydroxylation sites is 1. The third-order valence-corrected chi connectivity index (χ3v) is 6.76. The monoisotopic (exact) mass is 546 g/mol. The summed E-state index contributed by atoms with van der Waals surface area (Å²) in [6.45, 7) is 1.43. The zero-order valence-corrected chi connectivity index (χ0v) is 20.6. The Balaban J connectivity index is 1.90. The van der Waals surface area contributed by atoms with Crippen LogP contribution in [-0.2, 0) is 20.2 Å². The fourth-order valence-corrected chi connectivity index (χ4v) is 4.55. The molecule has 0 aliphatic carbocycles. The van der Waals surface area contributed by atoms with Gasteiger partial charge in [-0.15, -0.1) is 13.2 Å². The molecule has 0 saturated carbocycles. The van der Waals surface area contributed by atoms with E-state index < -0.39 is 33.4 Å². The molecule has 0 saturated heterocycles. The summed E-state index contributed by atoms with van der Waals surface area (Å²) in [7, 11) is -3.43. The summed E-state index contributed by atoms with van der Waals surface area (Å²) in [6.07, 6.45) is -3.87. The molecular weight excluding hydrogens is 528 g/mol. The number of carbonyl (C=O) groups is 1. The molecule has 1 atom stereocenters. The summed E-state index contributed by atoms with van der Waals surface area (Å²) < 4.78 is 65.8. The summed E-state index contributed by atoms with van der Waals surface area (Å²) in [5.74, 6) is -1.15.